The minimum atomic E-state index is -0.358. The Bertz CT molecular complexity index is 1150. The van der Waals surface area contributed by atoms with Crippen molar-refractivity contribution in [3.63, 3.8) is 0 Å². The predicted molar refractivity (Wildman–Crippen MR) is 133 cm³/mol. The molecule has 2 fully saturated rings. The molecule has 0 unspecified atom stereocenters. The molecule has 3 aromatic rings. The minimum Gasteiger partial charge on any atom is -0.496 e. The normalized spacial score (nSPS) is 26.6. The summed E-state index contributed by atoms with van der Waals surface area (Å²) in [5.41, 5.74) is 1.79. The molecule has 5 rings (SSSR count). The fraction of sp³-hybridized carbons (Fsp3) is 0.346. The Morgan fingerprint density at radius 2 is 1.97 bits per heavy atom. The summed E-state index contributed by atoms with van der Waals surface area (Å²) in [5, 5.41) is 7.43. The van der Waals surface area contributed by atoms with Crippen LogP contribution in [-0.4, -0.2) is 45.9 Å². The van der Waals surface area contributed by atoms with Crippen LogP contribution in [0.4, 0.5) is 0 Å². The SMILES string of the molecule is COc1ccccc1[C@H]1CN[C@]2(CCC(=O)N[C@H]2c2ccccc2)C[C@H]1OC(=S)n1ccnc1. The van der Waals surface area contributed by atoms with Gasteiger partial charge in [0.15, 0.2) is 0 Å². The van der Waals surface area contributed by atoms with Crippen molar-refractivity contribution in [1.29, 1.82) is 0 Å². The fourth-order valence-corrected chi connectivity index (χ4v) is 5.52. The number of carbonyl (C=O) groups is 1. The lowest BCUT2D eigenvalue weighted by molar-refractivity contribution is -0.126. The molecule has 1 aromatic heterocycles. The highest BCUT2D eigenvalue weighted by atomic mass is 32.1. The van der Waals surface area contributed by atoms with Gasteiger partial charge in [-0.15, -0.1) is 0 Å². The van der Waals surface area contributed by atoms with Gasteiger partial charge in [-0.3, -0.25) is 9.36 Å². The van der Waals surface area contributed by atoms with E-state index in [-0.39, 0.29) is 29.5 Å². The molecule has 34 heavy (non-hydrogen) atoms. The molecule has 2 aliphatic heterocycles. The first kappa shape index (κ1) is 22.6. The minimum absolute atomic E-state index is 0.0114. The molecule has 3 heterocycles. The average molecular weight is 477 g/mol. The van der Waals surface area contributed by atoms with Crippen LogP contribution in [0.5, 0.6) is 5.75 Å². The number of imidazole rings is 1. The van der Waals surface area contributed by atoms with E-state index in [1.54, 1.807) is 30.4 Å². The highest BCUT2D eigenvalue weighted by Gasteiger charge is 2.50. The van der Waals surface area contributed by atoms with E-state index in [0.717, 1.165) is 23.3 Å². The van der Waals surface area contributed by atoms with Crippen molar-refractivity contribution < 1.29 is 14.3 Å². The molecule has 2 saturated heterocycles. The summed E-state index contributed by atoms with van der Waals surface area (Å²) in [6.45, 7) is 0.663. The summed E-state index contributed by atoms with van der Waals surface area (Å²) in [7, 11) is 1.69. The van der Waals surface area contributed by atoms with E-state index in [1.165, 1.54) is 0 Å². The summed E-state index contributed by atoms with van der Waals surface area (Å²) in [4.78, 5) is 16.5. The Hall–Kier alpha value is -3.23. The number of benzene rings is 2. The van der Waals surface area contributed by atoms with Crippen LogP contribution in [-0.2, 0) is 9.53 Å². The molecular formula is C26H28N4O3S. The molecule has 2 aromatic carbocycles. The smallest absolute Gasteiger partial charge is 0.269 e. The number of rotatable bonds is 4. The lowest BCUT2D eigenvalue weighted by Crippen LogP contribution is -2.65. The van der Waals surface area contributed by atoms with Crippen LogP contribution in [0, 0.1) is 0 Å². The molecule has 0 saturated carbocycles. The second-order valence-corrected chi connectivity index (χ2v) is 9.24. The van der Waals surface area contributed by atoms with Gasteiger partial charge in [-0.2, -0.15) is 0 Å². The zero-order valence-electron chi connectivity index (χ0n) is 19.0. The maximum absolute atomic E-state index is 12.4. The lowest BCUT2D eigenvalue weighted by Gasteiger charge is -2.51. The first-order chi connectivity index (χ1) is 16.6. The second-order valence-electron chi connectivity index (χ2n) is 8.89. The molecule has 1 spiro atoms. The van der Waals surface area contributed by atoms with Crippen molar-refractivity contribution in [2.24, 2.45) is 0 Å². The molecule has 176 valence electrons. The van der Waals surface area contributed by atoms with Gasteiger partial charge in [-0.05, 0) is 30.3 Å². The van der Waals surface area contributed by atoms with Gasteiger partial charge in [-0.25, -0.2) is 4.98 Å². The summed E-state index contributed by atoms with van der Waals surface area (Å²) in [5.74, 6) is 0.904. The van der Waals surface area contributed by atoms with Crippen LogP contribution in [0.25, 0.3) is 0 Å². The van der Waals surface area contributed by atoms with Crippen LogP contribution >= 0.6 is 12.2 Å². The van der Waals surface area contributed by atoms with Gasteiger partial charge >= 0.3 is 0 Å². The number of nitrogens with zero attached hydrogens (tertiary/aromatic N) is 2. The molecule has 8 heteroatoms. The van der Waals surface area contributed by atoms with Crippen molar-refractivity contribution in [1.82, 2.24) is 20.2 Å². The standard InChI is InChI=1S/C26H28N4O3S/c1-32-21-10-6-5-9-19(21)20-16-28-26(15-22(20)33-25(34)30-14-13-27-17-30)12-11-23(31)29-24(26)18-7-3-2-4-8-18/h2-10,13-14,17,20,22,24,28H,11-12,15-16H2,1H3,(H,29,31)/t20-,22-,24+,26-/m1/s1. The number of hydrogen-bond donors (Lipinski definition) is 2. The summed E-state index contributed by atoms with van der Waals surface area (Å²) >= 11 is 5.63. The highest BCUT2D eigenvalue weighted by Crippen LogP contribution is 2.44. The maximum Gasteiger partial charge on any atom is 0.269 e. The van der Waals surface area contributed by atoms with Crippen molar-refractivity contribution >= 4 is 23.3 Å². The second kappa shape index (κ2) is 9.56. The molecule has 4 atom stereocenters. The largest absolute Gasteiger partial charge is 0.496 e. The Balaban J connectivity index is 1.51. The molecule has 0 bridgehead atoms. The van der Waals surface area contributed by atoms with Crippen LogP contribution < -0.4 is 15.4 Å². The highest BCUT2D eigenvalue weighted by molar-refractivity contribution is 7.80. The van der Waals surface area contributed by atoms with Gasteiger partial charge in [-0.1, -0.05) is 48.5 Å². The van der Waals surface area contributed by atoms with Gasteiger partial charge < -0.3 is 20.1 Å². The van der Waals surface area contributed by atoms with E-state index in [1.807, 2.05) is 36.4 Å². The average Bonchev–Trinajstić information content (AvgIpc) is 3.42. The van der Waals surface area contributed by atoms with E-state index >= 15 is 0 Å². The number of methoxy groups -OCH3 is 1. The summed E-state index contributed by atoms with van der Waals surface area (Å²) in [6.07, 6.45) is 6.73. The Morgan fingerprint density at radius 1 is 1.18 bits per heavy atom. The Labute approximate surface area is 204 Å². The topological polar surface area (TPSA) is 77.4 Å². The lowest BCUT2D eigenvalue weighted by atomic mass is 9.69. The number of thiocarbonyl (C=S) groups is 1. The van der Waals surface area contributed by atoms with Gasteiger partial charge in [0.25, 0.3) is 5.17 Å². The number of amides is 1. The van der Waals surface area contributed by atoms with Gasteiger partial charge in [0, 0.05) is 48.8 Å². The third-order valence-electron chi connectivity index (χ3n) is 6.98. The van der Waals surface area contributed by atoms with Crippen molar-refractivity contribution in [3.8, 4) is 5.75 Å². The van der Waals surface area contributed by atoms with Gasteiger partial charge in [0.2, 0.25) is 5.91 Å². The van der Waals surface area contributed by atoms with Crippen LogP contribution in [0.15, 0.2) is 73.3 Å². The third-order valence-corrected chi connectivity index (χ3v) is 7.29. The Kier molecular flexibility index (Phi) is 6.34. The van der Waals surface area contributed by atoms with E-state index in [4.69, 9.17) is 21.7 Å². The quantitative estimate of drug-likeness (QED) is 0.561. The van der Waals surface area contributed by atoms with E-state index < -0.39 is 0 Å². The monoisotopic (exact) mass is 476 g/mol. The van der Waals surface area contributed by atoms with E-state index in [2.05, 4.69) is 33.8 Å². The zero-order valence-corrected chi connectivity index (χ0v) is 19.8. The molecule has 7 nitrogen and oxygen atoms in total. The van der Waals surface area contributed by atoms with Crippen LogP contribution in [0.2, 0.25) is 0 Å². The van der Waals surface area contributed by atoms with Crippen molar-refractivity contribution in [2.45, 2.75) is 42.9 Å². The number of nitrogens with one attached hydrogen (secondary N) is 2. The van der Waals surface area contributed by atoms with Gasteiger partial charge in [0.05, 0.1) is 13.2 Å². The number of ether oxygens (including phenoxy) is 2. The summed E-state index contributed by atoms with van der Waals surface area (Å²) in [6, 6.07) is 18.0. The van der Waals surface area contributed by atoms with Gasteiger partial charge in [0.1, 0.15) is 18.2 Å². The van der Waals surface area contributed by atoms with E-state index in [0.29, 0.717) is 24.6 Å². The zero-order chi connectivity index (χ0) is 23.5. The molecule has 2 N–H and O–H groups in total. The molecule has 1 amide bonds. The number of para-hydroxylation sites is 1. The van der Waals surface area contributed by atoms with Crippen molar-refractivity contribution in [2.75, 3.05) is 13.7 Å². The first-order valence-electron chi connectivity index (χ1n) is 11.5. The maximum atomic E-state index is 12.4. The van der Waals surface area contributed by atoms with Crippen LogP contribution in [0.3, 0.4) is 0 Å². The Morgan fingerprint density at radius 3 is 2.74 bits per heavy atom. The van der Waals surface area contributed by atoms with E-state index in [9.17, 15) is 4.79 Å². The molecular weight excluding hydrogens is 448 g/mol. The number of hydrogen-bond acceptors (Lipinski definition) is 6. The summed E-state index contributed by atoms with van der Waals surface area (Å²) < 4.78 is 13.9. The fourth-order valence-electron chi connectivity index (χ4n) is 5.29. The first-order valence-corrected chi connectivity index (χ1v) is 11.9. The number of aromatic nitrogens is 2. The number of piperidine rings is 2. The van der Waals surface area contributed by atoms with Crippen LogP contribution in [0.1, 0.15) is 42.3 Å². The predicted octanol–water partition coefficient (Wildman–Crippen LogP) is 3.58. The van der Waals surface area contributed by atoms with Crippen molar-refractivity contribution in [3.05, 3.63) is 84.4 Å². The molecule has 0 aliphatic carbocycles. The molecule has 0 radical (unpaired) electrons. The molecule has 2 aliphatic rings. The number of carbonyl (C=O) groups excluding carboxylic acids is 1. The third kappa shape index (κ3) is 4.31.